The molecule has 1 aliphatic carbocycles. The summed E-state index contributed by atoms with van der Waals surface area (Å²) in [7, 11) is 0. The summed E-state index contributed by atoms with van der Waals surface area (Å²) in [5.74, 6) is 0. The Morgan fingerprint density at radius 2 is 2.00 bits per heavy atom. The summed E-state index contributed by atoms with van der Waals surface area (Å²) in [6, 6.07) is 0. The van der Waals surface area contributed by atoms with E-state index in [1.54, 1.807) is 0 Å². The molecule has 0 aliphatic heterocycles. The van der Waals surface area contributed by atoms with E-state index in [0.29, 0.717) is 12.1 Å². The standard InChI is InChI=1S/C6H5Br2N/c7-4-1-2-5(8)6(9)3-4/h1-2,9H,3H2. The Balaban J connectivity index is 2.86. The molecule has 9 heavy (non-hydrogen) atoms. The Kier molecular flexibility index (Phi) is 2.24. The van der Waals surface area contributed by atoms with Gasteiger partial charge < -0.3 is 5.41 Å². The van der Waals surface area contributed by atoms with Crippen molar-refractivity contribution in [2.75, 3.05) is 0 Å². The van der Waals surface area contributed by atoms with Crippen LogP contribution in [0.2, 0.25) is 0 Å². The first-order valence-electron chi connectivity index (χ1n) is 2.50. The fourth-order valence-corrected chi connectivity index (χ4v) is 1.26. The molecule has 0 unspecified atom stereocenters. The van der Waals surface area contributed by atoms with Gasteiger partial charge in [0.05, 0.1) is 5.71 Å². The van der Waals surface area contributed by atoms with Crippen molar-refractivity contribution >= 4 is 37.6 Å². The van der Waals surface area contributed by atoms with Crippen LogP contribution in [0.5, 0.6) is 0 Å². The third kappa shape index (κ3) is 1.76. The molecule has 0 amide bonds. The van der Waals surface area contributed by atoms with Crippen molar-refractivity contribution in [2.24, 2.45) is 0 Å². The summed E-state index contributed by atoms with van der Waals surface area (Å²) >= 11 is 6.56. The second kappa shape index (κ2) is 2.80. The van der Waals surface area contributed by atoms with Crippen molar-refractivity contribution in [3.8, 4) is 0 Å². The van der Waals surface area contributed by atoms with E-state index in [0.717, 1.165) is 8.96 Å². The van der Waals surface area contributed by atoms with Gasteiger partial charge >= 0.3 is 0 Å². The number of rotatable bonds is 0. The predicted molar refractivity (Wildman–Crippen MR) is 46.4 cm³/mol. The maximum Gasteiger partial charge on any atom is 0.0504 e. The summed E-state index contributed by atoms with van der Waals surface area (Å²) in [5, 5.41) is 7.34. The highest BCUT2D eigenvalue weighted by Gasteiger charge is 2.06. The van der Waals surface area contributed by atoms with Crippen LogP contribution in [0, 0.1) is 5.41 Å². The first kappa shape index (κ1) is 7.22. The fraction of sp³-hybridized carbons (Fsp3) is 0.167. The third-order valence-corrected chi connectivity index (χ3v) is 2.33. The van der Waals surface area contributed by atoms with Crippen molar-refractivity contribution in [3.63, 3.8) is 0 Å². The lowest BCUT2D eigenvalue weighted by Gasteiger charge is -2.05. The van der Waals surface area contributed by atoms with Gasteiger partial charge in [-0.3, -0.25) is 0 Å². The van der Waals surface area contributed by atoms with Crippen LogP contribution in [0.4, 0.5) is 0 Å². The predicted octanol–water partition coefficient (Wildman–Crippen LogP) is 2.97. The third-order valence-electron chi connectivity index (χ3n) is 1.04. The maximum atomic E-state index is 7.34. The molecule has 0 atom stereocenters. The van der Waals surface area contributed by atoms with Crippen molar-refractivity contribution in [2.45, 2.75) is 6.42 Å². The van der Waals surface area contributed by atoms with Gasteiger partial charge in [0.25, 0.3) is 0 Å². The molecular formula is C6H5Br2N. The summed E-state index contributed by atoms with van der Waals surface area (Å²) in [5.41, 5.74) is 0.629. The van der Waals surface area contributed by atoms with Gasteiger partial charge in [0.15, 0.2) is 0 Å². The maximum absolute atomic E-state index is 7.34. The van der Waals surface area contributed by atoms with Gasteiger partial charge in [-0.05, 0) is 22.0 Å². The summed E-state index contributed by atoms with van der Waals surface area (Å²) in [6.45, 7) is 0. The Morgan fingerprint density at radius 1 is 1.33 bits per heavy atom. The minimum Gasteiger partial charge on any atom is -0.304 e. The van der Waals surface area contributed by atoms with Gasteiger partial charge in [0, 0.05) is 15.4 Å². The van der Waals surface area contributed by atoms with Crippen LogP contribution < -0.4 is 0 Å². The highest BCUT2D eigenvalue weighted by molar-refractivity contribution is 9.12. The zero-order valence-electron chi connectivity index (χ0n) is 4.62. The van der Waals surface area contributed by atoms with Gasteiger partial charge in [-0.25, -0.2) is 0 Å². The molecule has 1 rings (SSSR count). The topological polar surface area (TPSA) is 23.9 Å². The lowest BCUT2D eigenvalue weighted by Crippen LogP contribution is -1.98. The molecule has 1 N–H and O–H groups in total. The molecule has 1 aliphatic rings. The van der Waals surface area contributed by atoms with Crippen LogP contribution in [0.25, 0.3) is 0 Å². The van der Waals surface area contributed by atoms with E-state index in [9.17, 15) is 0 Å². The summed E-state index contributed by atoms with van der Waals surface area (Å²) < 4.78 is 1.95. The van der Waals surface area contributed by atoms with E-state index in [-0.39, 0.29) is 0 Å². The molecule has 48 valence electrons. The van der Waals surface area contributed by atoms with E-state index in [1.807, 2.05) is 12.2 Å². The summed E-state index contributed by atoms with van der Waals surface area (Å²) in [6.07, 6.45) is 4.52. The van der Waals surface area contributed by atoms with Gasteiger partial charge in [-0.2, -0.15) is 0 Å². The highest BCUT2D eigenvalue weighted by Crippen LogP contribution is 2.22. The molecular weight excluding hydrogens is 246 g/mol. The van der Waals surface area contributed by atoms with Crippen molar-refractivity contribution in [3.05, 3.63) is 21.1 Å². The minimum atomic E-state index is 0.629. The van der Waals surface area contributed by atoms with Crippen molar-refractivity contribution < 1.29 is 0 Å². The van der Waals surface area contributed by atoms with Gasteiger partial charge in [-0.1, -0.05) is 22.0 Å². The number of hydrogen-bond donors (Lipinski definition) is 1. The van der Waals surface area contributed by atoms with Crippen LogP contribution >= 0.6 is 31.9 Å². The van der Waals surface area contributed by atoms with E-state index in [4.69, 9.17) is 5.41 Å². The molecule has 0 fully saturated rings. The van der Waals surface area contributed by atoms with Crippen LogP contribution in [0.15, 0.2) is 21.1 Å². The minimum absolute atomic E-state index is 0.629. The Morgan fingerprint density at radius 3 is 2.44 bits per heavy atom. The quantitative estimate of drug-likeness (QED) is 0.684. The van der Waals surface area contributed by atoms with Gasteiger partial charge in [-0.15, -0.1) is 0 Å². The molecule has 0 heterocycles. The van der Waals surface area contributed by atoms with Crippen LogP contribution in [0.3, 0.4) is 0 Å². The molecule has 0 bridgehead atoms. The zero-order valence-corrected chi connectivity index (χ0v) is 7.79. The Bertz CT molecular complexity index is 203. The van der Waals surface area contributed by atoms with E-state index < -0.39 is 0 Å². The molecule has 0 radical (unpaired) electrons. The highest BCUT2D eigenvalue weighted by atomic mass is 79.9. The van der Waals surface area contributed by atoms with Gasteiger partial charge in [0.2, 0.25) is 0 Å². The monoisotopic (exact) mass is 249 g/mol. The number of halogens is 2. The lowest BCUT2D eigenvalue weighted by atomic mass is 10.2. The van der Waals surface area contributed by atoms with Gasteiger partial charge in [0.1, 0.15) is 0 Å². The van der Waals surface area contributed by atoms with E-state index in [1.165, 1.54) is 0 Å². The smallest absolute Gasteiger partial charge is 0.0504 e. The van der Waals surface area contributed by atoms with Crippen LogP contribution in [0.1, 0.15) is 6.42 Å². The van der Waals surface area contributed by atoms with Crippen molar-refractivity contribution in [1.29, 1.82) is 5.41 Å². The average Bonchev–Trinajstić information content (AvgIpc) is 1.80. The number of hydrogen-bond acceptors (Lipinski definition) is 1. The fourth-order valence-electron chi connectivity index (χ4n) is 0.576. The Hall–Kier alpha value is 0.110. The molecule has 0 aromatic rings. The molecule has 0 aromatic heterocycles. The molecule has 0 spiro atoms. The average molecular weight is 251 g/mol. The second-order valence-electron chi connectivity index (χ2n) is 1.78. The molecule has 3 heteroatoms. The largest absolute Gasteiger partial charge is 0.304 e. The molecule has 0 aromatic carbocycles. The number of allylic oxidation sites excluding steroid dienone is 4. The number of nitrogens with one attached hydrogen (secondary N) is 1. The first-order chi connectivity index (χ1) is 4.20. The van der Waals surface area contributed by atoms with E-state index >= 15 is 0 Å². The molecule has 1 nitrogen and oxygen atoms in total. The first-order valence-corrected chi connectivity index (χ1v) is 4.08. The van der Waals surface area contributed by atoms with Crippen LogP contribution in [-0.2, 0) is 0 Å². The Labute approximate surface area is 70.6 Å². The normalized spacial score (nSPS) is 19.1. The molecule has 0 saturated heterocycles. The second-order valence-corrected chi connectivity index (χ2v) is 3.66. The summed E-state index contributed by atoms with van der Waals surface area (Å²) in [4.78, 5) is 0. The zero-order chi connectivity index (χ0) is 6.85. The lowest BCUT2D eigenvalue weighted by molar-refractivity contribution is 1.35. The SMILES string of the molecule is N=C1CC(Br)=CC=C1Br. The van der Waals surface area contributed by atoms with E-state index in [2.05, 4.69) is 31.9 Å². The van der Waals surface area contributed by atoms with Crippen LogP contribution in [-0.4, -0.2) is 5.71 Å². The molecule has 0 saturated carbocycles. The van der Waals surface area contributed by atoms with Crippen molar-refractivity contribution in [1.82, 2.24) is 0 Å².